The molecule has 30 heavy (non-hydrogen) atoms. The van der Waals surface area contributed by atoms with Crippen molar-refractivity contribution in [2.45, 2.75) is 45.2 Å². The molecule has 0 radical (unpaired) electrons. The van der Waals surface area contributed by atoms with Gasteiger partial charge in [0.05, 0.1) is 0 Å². The van der Waals surface area contributed by atoms with Crippen molar-refractivity contribution >= 4 is 5.91 Å². The average Bonchev–Trinajstić information content (AvgIpc) is 3.53. The maximum atomic E-state index is 13.0. The molecular weight excluding hydrogens is 384 g/mol. The van der Waals surface area contributed by atoms with Crippen LogP contribution in [-0.4, -0.2) is 44.9 Å². The van der Waals surface area contributed by atoms with E-state index in [1.165, 1.54) is 6.42 Å². The van der Waals surface area contributed by atoms with Crippen LogP contribution >= 0.6 is 0 Å². The van der Waals surface area contributed by atoms with Crippen LogP contribution in [0.1, 0.15) is 32.6 Å². The van der Waals surface area contributed by atoms with Crippen LogP contribution < -0.4 is 9.47 Å². The van der Waals surface area contributed by atoms with Gasteiger partial charge in [-0.2, -0.15) is 4.98 Å². The summed E-state index contributed by atoms with van der Waals surface area (Å²) in [6.07, 6.45) is 6.23. The number of hydrogen-bond donors (Lipinski definition) is 0. The standard InChI is InChI=1S/C22H24N4O4/c1-2-16-6-3-4-11-26(16)20(27)13-25-10-5-7-17(25)22-23-21(24-30-22)15-8-9-18-19(12-15)29-14-28-18/h5,7-10,12,16H,2-4,6,11,13-14H2,1H3/t16-/m0/s1. The Hall–Kier alpha value is -3.29. The van der Waals surface area contributed by atoms with E-state index >= 15 is 0 Å². The third-order valence-electron chi connectivity index (χ3n) is 5.83. The van der Waals surface area contributed by atoms with Crippen molar-refractivity contribution in [2.75, 3.05) is 13.3 Å². The zero-order chi connectivity index (χ0) is 20.5. The van der Waals surface area contributed by atoms with Gasteiger partial charge in [-0.05, 0) is 56.0 Å². The second-order valence-corrected chi connectivity index (χ2v) is 7.66. The average molecular weight is 408 g/mol. The summed E-state index contributed by atoms with van der Waals surface area (Å²) in [6.45, 7) is 3.46. The molecule has 8 nitrogen and oxygen atoms in total. The van der Waals surface area contributed by atoms with Crippen molar-refractivity contribution in [2.24, 2.45) is 0 Å². The second kappa shape index (κ2) is 7.85. The molecule has 2 aliphatic rings. The SMILES string of the molecule is CC[C@H]1CCCCN1C(=O)Cn1cccc1-c1nc(-c2ccc3c(c2)OCO3)no1. The van der Waals surface area contributed by atoms with Crippen molar-refractivity contribution in [1.29, 1.82) is 0 Å². The first-order chi connectivity index (χ1) is 14.7. The van der Waals surface area contributed by atoms with E-state index in [1.54, 1.807) is 0 Å². The summed E-state index contributed by atoms with van der Waals surface area (Å²) in [5, 5.41) is 4.11. The number of carbonyl (C=O) groups excluding carboxylic acids is 1. The normalized spacial score (nSPS) is 18.0. The summed E-state index contributed by atoms with van der Waals surface area (Å²) in [7, 11) is 0. The zero-order valence-electron chi connectivity index (χ0n) is 16.9. The molecule has 1 saturated heterocycles. The van der Waals surface area contributed by atoms with Crippen LogP contribution in [0.5, 0.6) is 11.5 Å². The van der Waals surface area contributed by atoms with Crippen LogP contribution in [0.2, 0.25) is 0 Å². The Morgan fingerprint density at radius 2 is 2.10 bits per heavy atom. The van der Waals surface area contributed by atoms with Crippen molar-refractivity contribution in [3.63, 3.8) is 0 Å². The van der Waals surface area contributed by atoms with Gasteiger partial charge in [0, 0.05) is 24.3 Å². The summed E-state index contributed by atoms with van der Waals surface area (Å²) < 4.78 is 18.2. The second-order valence-electron chi connectivity index (χ2n) is 7.66. The molecule has 1 aromatic carbocycles. The molecule has 1 amide bonds. The molecule has 2 aromatic heterocycles. The fraction of sp³-hybridized carbons (Fsp3) is 0.409. The van der Waals surface area contributed by atoms with Gasteiger partial charge in [-0.1, -0.05) is 12.1 Å². The molecule has 2 aliphatic heterocycles. The fourth-order valence-corrected chi connectivity index (χ4v) is 4.22. The Labute approximate surface area is 174 Å². The molecule has 0 unspecified atom stereocenters. The monoisotopic (exact) mass is 408 g/mol. The highest BCUT2D eigenvalue weighted by Gasteiger charge is 2.26. The minimum Gasteiger partial charge on any atom is -0.454 e. The van der Waals surface area contributed by atoms with Crippen molar-refractivity contribution in [1.82, 2.24) is 19.6 Å². The van der Waals surface area contributed by atoms with Gasteiger partial charge < -0.3 is 23.5 Å². The van der Waals surface area contributed by atoms with E-state index in [-0.39, 0.29) is 19.2 Å². The molecule has 5 rings (SSSR count). The number of amides is 1. The number of carbonyl (C=O) groups is 1. The number of aromatic nitrogens is 3. The summed E-state index contributed by atoms with van der Waals surface area (Å²) >= 11 is 0. The number of ether oxygens (including phenoxy) is 2. The Morgan fingerprint density at radius 1 is 1.20 bits per heavy atom. The lowest BCUT2D eigenvalue weighted by molar-refractivity contribution is -0.135. The molecule has 3 aromatic rings. The topological polar surface area (TPSA) is 82.6 Å². The molecule has 1 atom stereocenters. The molecule has 0 N–H and O–H groups in total. The molecule has 0 spiro atoms. The summed E-state index contributed by atoms with van der Waals surface area (Å²) in [4.78, 5) is 19.5. The van der Waals surface area contributed by atoms with E-state index in [4.69, 9.17) is 14.0 Å². The van der Waals surface area contributed by atoms with Gasteiger partial charge in [0.15, 0.2) is 11.5 Å². The lowest BCUT2D eigenvalue weighted by atomic mass is 10.00. The molecule has 0 aliphatic carbocycles. The zero-order valence-corrected chi connectivity index (χ0v) is 16.9. The highest BCUT2D eigenvalue weighted by Crippen LogP contribution is 2.35. The van der Waals surface area contributed by atoms with Crippen molar-refractivity contribution < 1.29 is 18.8 Å². The predicted molar refractivity (Wildman–Crippen MR) is 109 cm³/mol. The fourth-order valence-electron chi connectivity index (χ4n) is 4.22. The molecule has 0 saturated carbocycles. The molecule has 156 valence electrons. The number of piperidine rings is 1. The lowest BCUT2D eigenvalue weighted by Crippen LogP contribution is -2.44. The minimum absolute atomic E-state index is 0.134. The molecule has 4 heterocycles. The Kier molecular flexibility index (Phi) is 4.90. The highest BCUT2D eigenvalue weighted by molar-refractivity contribution is 5.77. The van der Waals surface area contributed by atoms with Crippen LogP contribution in [0.4, 0.5) is 0 Å². The molecular formula is C22H24N4O4. The Balaban J connectivity index is 1.36. The van der Waals surface area contributed by atoms with E-state index in [0.717, 1.165) is 37.1 Å². The number of rotatable bonds is 5. The van der Waals surface area contributed by atoms with Crippen LogP contribution in [0, 0.1) is 0 Å². The van der Waals surface area contributed by atoms with E-state index in [9.17, 15) is 4.79 Å². The van der Waals surface area contributed by atoms with Crippen LogP contribution in [-0.2, 0) is 11.3 Å². The number of likely N-dealkylation sites (tertiary alicyclic amines) is 1. The summed E-state index contributed by atoms with van der Waals surface area (Å²) in [5.74, 6) is 2.35. The third kappa shape index (κ3) is 3.42. The smallest absolute Gasteiger partial charge is 0.274 e. The quantitative estimate of drug-likeness (QED) is 0.640. The van der Waals surface area contributed by atoms with E-state index < -0.39 is 0 Å². The first kappa shape index (κ1) is 18.7. The van der Waals surface area contributed by atoms with E-state index in [1.807, 2.05) is 46.0 Å². The van der Waals surface area contributed by atoms with E-state index in [0.29, 0.717) is 29.3 Å². The molecule has 0 bridgehead atoms. The predicted octanol–water partition coefficient (Wildman–Crippen LogP) is 3.72. The number of nitrogens with zero attached hydrogens (tertiary/aromatic N) is 4. The lowest BCUT2D eigenvalue weighted by Gasteiger charge is -2.35. The highest BCUT2D eigenvalue weighted by atomic mass is 16.7. The van der Waals surface area contributed by atoms with Gasteiger partial charge in [0.2, 0.25) is 18.5 Å². The third-order valence-corrected chi connectivity index (χ3v) is 5.83. The maximum Gasteiger partial charge on any atom is 0.274 e. The largest absolute Gasteiger partial charge is 0.454 e. The number of hydrogen-bond acceptors (Lipinski definition) is 6. The van der Waals surface area contributed by atoms with E-state index in [2.05, 4.69) is 17.1 Å². The molecule has 1 fully saturated rings. The molecule has 8 heteroatoms. The van der Waals surface area contributed by atoms with Gasteiger partial charge in [-0.25, -0.2) is 0 Å². The number of benzene rings is 1. The van der Waals surface area contributed by atoms with Crippen LogP contribution in [0.25, 0.3) is 23.0 Å². The van der Waals surface area contributed by atoms with Gasteiger partial charge in [-0.3, -0.25) is 4.79 Å². The van der Waals surface area contributed by atoms with Crippen molar-refractivity contribution in [3.05, 3.63) is 36.5 Å². The Bertz CT molecular complexity index is 1060. The maximum absolute atomic E-state index is 13.0. The van der Waals surface area contributed by atoms with Gasteiger partial charge in [0.25, 0.3) is 5.89 Å². The van der Waals surface area contributed by atoms with Gasteiger partial charge in [-0.15, -0.1) is 0 Å². The van der Waals surface area contributed by atoms with Crippen molar-refractivity contribution in [3.8, 4) is 34.5 Å². The summed E-state index contributed by atoms with van der Waals surface area (Å²) in [5.41, 5.74) is 1.51. The first-order valence-electron chi connectivity index (χ1n) is 10.4. The van der Waals surface area contributed by atoms with Crippen LogP contribution in [0.3, 0.4) is 0 Å². The Morgan fingerprint density at radius 3 is 3.00 bits per heavy atom. The van der Waals surface area contributed by atoms with Gasteiger partial charge >= 0.3 is 0 Å². The van der Waals surface area contributed by atoms with Crippen LogP contribution in [0.15, 0.2) is 41.1 Å². The number of fused-ring (bicyclic) bond motifs is 1. The minimum atomic E-state index is 0.134. The van der Waals surface area contributed by atoms with Gasteiger partial charge in [0.1, 0.15) is 12.2 Å². The first-order valence-corrected chi connectivity index (χ1v) is 10.4. The summed E-state index contributed by atoms with van der Waals surface area (Å²) in [6, 6.07) is 9.65.